The van der Waals surface area contributed by atoms with Gasteiger partial charge in [-0.05, 0) is 26.0 Å². The lowest BCUT2D eigenvalue weighted by atomic mass is 10.1. The molecule has 2 aromatic rings. The van der Waals surface area contributed by atoms with Gasteiger partial charge in [0.2, 0.25) is 0 Å². The van der Waals surface area contributed by atoms with E-state index in [-0.39, 0.29) is 17.3 Å². The highest BCUT2D eigenvalue weighted by Gasteiger charge is 2.16. The summed E-state index contributed by atoms with van der Waals surface area (Å²) < 4.78 is 29.0. The van der Waals surface area contributed by atoms with E-state index in [0.29, 0.717) is 5.56 Å². The van der Waals surface area contributed by atoms with E-state index in [1.54, 1.807) is 10.9 Å². The maximum absolute atomic E-state index is 13.8. The number of anilines is 1. The van der Waals surface area contributed by atoms with Crippen LogP contribution in [0.2, 0.25) is 0 Å². The minimum atomic E-state index is -0.742. The van der Waals surface area contributed by atoms with Gasteiger partial charge in [-0.25, -0.2) is 8.78 Å². The van der Waals surface area contributed by atoms with Crippen LogP contribution in [0, 0.1) is 11.6 Å². The zero-order valence-corrected chi connectivity index (χ0v) is 9.61. The van der Waals surface area contributed by atoms with E-state index in [2.05, 4.69) is 5.10 Å². The van der Waals surface area contributed by atoms with Gasteiger partial charge in [0.05, 0.1) is 17.4 Å². The molecule has 0 saturated heterocycles. The molecule has 0 aliphatic heterocycles. The Morgan fingerprint density at radius 2 is 2.00 bits per heavy atom. The fourth-order valence-corrected chi connectivity index (χ4v) is 1.58. The zero-order chi connectivity index (χ0) is 12.6. The van der Waals surface area contributed by atoms with Crippen molar-refractivity contribution < 1.29 is 8.78 Å². The summed E-state index contributed by atoms with van der Waals surface area (Å²) in [6.07, 6.45) is 3.03. The van der Waals surface area contributed by atoms with E-state index in [4.69, 9.17) is 5.73 Å². The molecule has 0 unspecified atom stereocenters. The Labute approximate surface area is 97.9 Å². The first-order chi connectivity index (χ1) is 8.00. The SMILES string of the molecule is CC(C)n1cc(-c2c(F)ccc(N)c2F)cn1. The molecule has 1 aromatic carbocycles. The van der Waals surface area contributed by atoms with Crippen molar-refractivity contribution in [3.8, 4) is 11.1 Å². The Kier molecular flexibility index (Phi) is 2.83. The molecule has 3 nitrogen and oxygen atoms in total. The summed E-state index contributed by atoms with van der Waals surface area (Å²) >= 11 is 0. The first kappa shape index (κ1) is 11.6. The molecule has 17 heavy (non-hydrogen) atoms. The van der Waals surface area contributed by atoms with Crippen molar-refractivity contribution in [3.63, 3.8) is 0 Å². The van der Waals surface area contributed by atoms with Crippen molar-refractivity contribution in [1.29, 1.82) is 0 Å². The topological polar surface area (TPSA) is 43.8 Å². The van der Waals surface area contributed by atoms with Gasteiger partial charge < -0.3 is 5.73 Å². The van der Waals surface area contributed by atoms with Crippen LogP contribution in [0.5, 0.6) is 0 Å². The highest BCUT2D eigenvalue weighted by molar-refractivity contribution is 5.68. The molecular weight excluding hydrogens is 224 g/mol. The molecule has 0 atom stereocenters. The van der Waals surface area contributed by atoms with Crippen LogP contribution in [0.4, 0.5) is 14.5 Å². The molecule has 1 aromatic heterocycles. The van der Waals surface area contributed by atoms with Crippen molar-refractivity contribution in [2.45, 2.75) is 19.9 Å². The number of halogens is 2. The molecule has 0 amide bonds. The number of nitrogens with zero attached hydrogens (tertiary/aromatic N) is 2. The lowest BCUT2D eigenvalue weighted by molar-refractivity contribution is 0.532. The van der Waals surface area contributed by atoms with Gasteiger partial charge in [0.1, 0.15) is 5.82 Å². The van der Waals surface area contributed by atoms with Crippen molar-refractivity contribution in [2.24, 2.45) is 0 Å². The Balaban J connectivity index is 2.56. The predicted molar refractivity (Wildman–Crippen MR) is 62.4 cm³/mol. The van der Waals surface area contributed by atoms with Crippen LogP contribution in [-0.2, 0) is 0 Å². The van der Waals surface area contributed by atoms with Gasteiger partial charge in [-0.1, -0.05) is 0 Å². The molecule has 0 fully saturated rings. The summed E-state index contributed by atoms with van der Waals surface area (Å²) in [5.74, 6) is -1.38. The second-order valence-corrected chi connectivity index (χ2v) is 4.13. The summed E-state index contributed by atoms with van der Waals surface area (Å²) in [5, 5.41) is 4.05. The van der Waals surface area contributed by atoms with E-state index in [0.717, 1.165) is 6.07 Å². The van der Waals surface area contributed by atoms with Crippen molar-refractivity contribution in [2.75, 3.05) is 5.73 Å². The Hall–Kier alpha value is -1.91. The number of nitrogen functional groups attached to an aromatic ring is 1. The standard InChI is InChI=1S/C12H13F2N3/c1-7(2)17-6-8(5-16-17)11-9(13)3-4-10(15)12(11)14/h3-7H,15H2,1-2H3. The number of rotatable bonds is 2. The average molecular weight is 237 g/mol. The Bertz CT molecular complexity index is 547. The van der Waals surface area contributed by atoms with Gasteiger partial charge in [-0.3, -0.25) is 4.68 Å². The summed E-state index contributed by atoms with van der Waals surface area (Å²) in [6, 6.07) is 2.50. The van der Waals surface area contributed by atoms with Gasteiger partial charge in [-0.15, -0.1) is 0 Å². The summed E-state index contributed by atoms with van der Waals surface area (Å²) in [5.41, 5.74) is 5.62. The second-order valence-electron chi connectivity index (χ2n) is 4.13. The van der Waals surface area contributed by atoms with E-state index in [9.17, 15) is 8.78 Å². The van der Waals surface area contributed by atoms with Gasteiger partial charge in [0.25, 0.3) is 0 Å². The third kappa shape index (κ3) is 2.00. The largest absolute Gasteiger partial charge is 0.396 e. The summed E-state index contributed by atoms with van der Waals surface area (Å²) in [6.45, 7) is 3.87. The Morgan fingerprint density at radius 1 is 1.29 bits per heavy atom. The molecular formula is C12H13F2N3. The first-order valence-corrected chi connectivity index (χ1v) is 5.28. The highest BCUT2D eigenvalue weighted by atomic mass is 19.1. The number of nitrogens with two attached hydrogens (primary N) is 1. The number of aromatic nitrogens is 2. The van der Waals surface area contributed by atoms with E-state index in [1.165, 1.54) is 12.3 Å². The smallest absolute Gasteiger partial charge is 0.156 e. The van der Waals surface area contributed by atoms with E-state index >= 15 is 0 Å². The molecule has 0 spiro atoms. The van der Waals surface area contributed by atoms with Crippen molar-refractivity contribution in [1.82, 2.24) is 9.78 Å². The lowest BCUT2D eigenvalue weighted by Crippen LogP contribution is -2.00. The average Bonchev–Trinajstić information content (AvgIpc) is 2.73. The van der Waals surface area contributed by atoms with Crippen LogP contribution in [-0.4, -0.2) is 9.78 Å². The van der Waals surface area contributed by atoms with Gasteiger partial charge in [0, 0.05) is 17.8 Å². The minimum Gasteiger partial charge on any atom is -0.396 e. The molecule has 0 radical (unpaired) electrons. The summed E-state index contributed by atoms with van der Waals surface area (Å²) in [4.78, 5) is 0. The predicted octanol–water partition coefficient (Wildman–Crippen LogP) is 2.99. The van der Waals surface area contributed by atoms with Crippen LogP contribution in [0.15, 0.2) is 24.5 Å². The maximum Gasteiger partial charge on any atom is 0.156 e. The van der Waals surface area contributed by atoms with Gasteiger partial charge >= 0.3 is 0 Å². The van der Waals surface area contributed by atoms with Crippen LogP contribution in [0.1, 0.15) is 19.9 Å². The molecule has 0 saturated carbocycles. The normalized spacial score (nSPS) is 11.1. The summed E-state index contributed by atoms with van der Waals surface area (Å²) in [7, 11) is 0. The molecule has 0 bridgehead atoms. The number of hydrogen-bond acceptors (Lipinski definition) is 2. The molecule has 0 aliphatic rings. The third-order valence-electron chi connectivity index (χ3n) is 2.54. The van der Waals surface area contributed by atoms with E-state index < -0.39 is 11.6 Å². The first-order valence-electron chi connectivity index (χ1n) is 5.28. The zero-order valence-electron chi connectivity index (χ0n) is 9.61. The number of hydrogen-bond donors (Lipinski definition) is 1. The lowest BCUT2D eigenvalue weighted by Gasteiger charge is -2.05. The third-order valence-corrected chi connectivity index (χ3v) is 2.54. The molecule has 2 N–H and O–H groups in total. The highest BCUT2D eigenvalue weighted by Crippen LogP contribution is 2.29. The monoisotopic (exact) mass is 237 g/mol. The second kappa shape index (κ2) is 4.16. The maximum atomic E-state index is 13.8. The molecule has 5 heteroatoms. The van der Waals surface area contributed by atoms with Crippen LogP contribution in [0.25, 0.3) is 11.1 Å². The van der Waals surface area contributed by atoms with Crippen LogP contribution in [0.3, 0.4) is 0 Å². The van der Waals surface area contributed by atoms with Crippen LogP contribution < -0.4 is 5.73 Å². The fourth-order valence-electron chi connectivity index (χ4n) is 1.58. The van der Waals surface area contributed by atoms with Crippen molar-refractivity contribution in [3.05, 3.63) is 36.2 Å². The van der Waals surface area contributed by atoms with Gasteiger partial charge in [0.15, 0.2) is 5.82 Å². The molecule has 0 aliphatic carbocycles. The van der Waals surface area contributed by atoms with E-state index in [1.807, 2.05) is 13.8 Å². The molecule has 90 valence electrons. The molecule has 1 heterocycles. The Morgan fingerprint density at radius 3 is 2.59 bits per heavy atom. The quantitative estimate of drug-likeness (QED) is 0.816. The minimum absolute atomic E-state index is 0.0707. The fraction of sp³-hybridized carbons (Fsp3) is 0.250. The molecule has 2 rings (SSSR count). The van der Waals surface area contributed by atoms with Crippen LogP contribution >= 0.6 is 0 Å². The van der Waals surface area contributed by atoms with Crippen molar-refractivity contribution >= 4 is 5.69 Å². The van der Waals surface area contributed by atoms with Gasteiger partial charge in [-0.2, -0.15) is 5.10 Å². The number of benzene rings is 1.